The van der Waals surface area contributed by atoms with E-state index in [0.717, 1.165) is 0 Å². The molecular weight excluding hydrogens is 242 g/mol. The number of hydrogen-bond acceptors (Lipinski definition) is 4. The summed E-state index contributed by atoms with van der Waals surface area (Å²) in [5.41, 5.74) is 0.0289. The van der Waals surface area contributed by atoms with E-state index >= 15 is 0 Å². The van der Waals surface area contributed by atoms with E-state index in [4.69, 9.17) is 38.0 Å². The van der Waals surface area contributed by atoms with E-state index in [0.29, 0.717) is 0 Å². The average Bonchev–Trinajstić information content (AvgIpc) is 2.18. The molecule has 0 aliphatic heterocycles. The van der Waals surface area contributed by atoms with Crippen molar-refractivity contribution in [1.82, 2.24) is 0 Å². The lowest BCUT2D eigenvalue weighted by Crippen LogP contribution is -2.33. The molecule has 0 saturated carbocycles. The highest BCUT2D eigenvalue weighted by atomic mass is 35.5. The summed E-state index contributed by atoms with van der Waals surface area (Å²) in [5, 5.41) is 18.6. The van der Waals surface area contributed by atoms with Gasteiger partial charge in [0.1, 0.15) is 5.75 Å². The summed E-state index contributed by atoms with van der Waals surface area (Å²) in [6.45, 7) is -0.0558. The molecular formula is C8H9BCl2O4. The first-order valence-electron chi connectivity index (χ1n) is 4.03. The van der Waals surface area contributed by atoms with Gasteiger partial charge in [-0.15, -0.1) is 0 Å². The predicted molar refractivity (Wildman–Crippen MR) is 58.8 cm³/mol. The van der Waals surface area contributed by atoms with E-state index in [2.05, 4.69) is 4.74 Å². The topological polar surface area (TPSA) is 58.9 Å². The highest BCUT2D eigenvalue weighted by Gasteiger charge is 2.23. The molecule has 0 amide bonds. The third-order valence-electron chi connectivity index (χ3n) is 1.67. The molecule has 0 radical (unpaired) electrons. The quantitative estimate of drug-likeness (QED) is 0.609. The molecule has 82 valence electrons. The highest BCUT2D eigenvalue weighted by molar-refractivity contribution is 6.64. The summed E-state index contributed by atoms with van der Waals surface area (Å²) in [6.07, 6.45) is 0. The van der Waals surface area contributed by atoms with E-state index in [1.165, 1.54) is 19.2 Å². The van der Waals surface area contributed by atoms with Crippen LogP contribution >= 0.6 is 23.2 Å². The molecule has 4 nitrogen and oxygen atoms in total. The van der Waals surface area contributed by atoms with Gasteiger partial charge in [-0.2, -0.15) is 0 Å². The zero-order chi connectivity index (χ0) is 11.4. The Morgan fingerprint density at radius 1 is 1.27 bits per heavy atom. The third-order valence-corrected chi connectivity index (χ3v) is 2.30. The second-order valence-corrected chi connectivity index (χ2v) is 3.51. The number of benzene rings is 1. The van der Waals surface area contributed by atoms with E-state index in [9.17, 15) is 0 Å². The molecule has 2 N–H and O–H groups in total. The van der Waals surface area contributed by atoms with Gasteiger partial charge < -0.3 is 19.5 Å². The van der Waals surface area contributed by atoms with Crippen LogP contribution in [-0.2, 0) is 4.74 Å². The van der Waals surface area contributed by atoms with E-state index in [1.54, 1.807) is 0 Å². The van der Waals surface area contributed by atoms with Crippen molar-refractivity contribution >= 4 is 35.8 Å². The molecule has 15 heavy (non-hydrogen) atoms. The van der Waals surface area contributed by atoms with Crippen LogP contribution in [0.2, 0.25) is 10.0 Å². The van der Waals surface area contributed by atoms with Gasteiger partial charge in [0.25, 0.3) is 0 Å². The number of hydrogen-bond donors (Lipinski definition) is 2. The highest BCUT2D eigenvalue weighted by Crippen LogP contribution is 2.25. The predicted octanol–water partition coefficient (Wildman–Crippen LogP) is 0.656. The van der Waals surface area contributed by atoms with E-state index < -0.39 is 7.12 Å². The van der Waals surface area contributed by atoms with Crippen LogP contribution in [0, 0.1) is 0 Å². The number of ether oxygens (including phenoxy) is 2. The fourth-order valence-electron chi connectivity index (χ4n) is 1.05. The Balaban J connectivity index is 3.13. The Labute approximate surface area is 97.5 Å². The molecule has 7 heteroatoms. The van der Waals surface area contributed by atoms with Crippen molar-refractivity contribution in [2.75, 3.05) is 13.9 Å². The number of halogens is 2. The molecule has 0 atom stereocenters. The van der Waals surface area contributed by atoms with Crippen LogP contribution in [0.3, 0.4) is 0 Å². The zero-order valence-corrected chi connectivity index (χ0v) is 9.42. The lowest BCUT2D eigenvalue weighted by atomic mass is 9.79. The zero-order valence-electron chi connectivity index (χ0n) is 7.91. The largest absolute Gasteiger partial charge is 0.493 e. The van der Waals surface area contributed by atoms with Gasteiger partial charge in [-0.3, -0.25) is 0 Å². The Hall–Kier alpha value is -0.455. The number of rotatable bonds is 4. The monoisotopic (exact) mass is 250 g/mol. The van der Waals surface area contributed by atoms with Crippen molar-refractivity contribution in [3.63, 3.8) is 0 Å². The smallest absolute Gasteiger partial charge is 0.466 e. The molecule has 0 aliphatic rings. The van der Waals surface area contributed by atoms with Crippen LogP contribution in [0.1, 0.15) is 0 Å². The standard InChI is InChI=1S/C8H9BCl2O4/c1-14-4-15-8-6(11)3-2-5(10)7(8)9(12)13/h2-3,12-13H,4H2,1H3. The lowest BCUT2D eigenvalue weighted by molar-refractivity contribution is 0.0518. The first kappa shape index (κ1) is 12.6. The second kappa shape index (κ2) is 5.58. The minimum atomic E-state index is -1.75. The molecule has 1 aromatic carbocycles. The van der Waals surface area contributed by atoms with Gasteiger partial charge in [-0.05, 0) is 12.1 Å². The summed E-state index contributed by atoms with van der Waals surface area (Å²) in [6, 6.07) is 2.96. The molecule has 0 bridgehead atoms. The van der Waals surface area contributed by atoms with Crippen LogP contribution in [0.15, 0.2) is 12.1 Å². The van der Waals surface area contributed by atoms with Crippen LogP contribution < -0.4 is 10.2 Å². The normalized spacial score (nSPS) is 10.2. The van der Waals surface area contributed by atoms with Crippen LogP contribution in [0.5, 0.6) is 5.75 Å². The Kier molecular flexibility index (Phi) is 4.69. The molecule has 0 aromatic heterocycles. The molecule has 1 aromatic rings. The van der Waals surface area contributed by atoms with E-state index in [1.807, 2.05) is 0 Å². The summed E-state index contributed by atoms with van der Waals surface area (Å²) in [4.78, 5) is 0. The summed E-state index contributed by atoms with van der Waals surface area (Å²) < 4.78 is 9.79. The van der Waals surface area contributed by atoms with Crippen LogP contribution in [-0.4, -0.2) is 31.1 Å². The summed E-state index contributed by atoms with van der Waals surface area (Å²) in [5.74, 6) is 0.112. The van der Waals surface area contributed by atoms with Crippen LogP contribution in [0.4, 0.5) is 0 Å². The second-order valence-electron chi connectivity index (χ2n) is 2.70. The summed E-state index contributed by atoms with van der Waals surface area (Å²) >= 11 is 11.6. The van der Waals surface area contributed by atoms with Gasteiger partial charge in [0.05, 0.1) is 5.02 Å². The van der Waals surface area contributed by atoms with Gasteiger partial charge in [0.2, 0.25) is 0 Å². The van der Waals surface area contributed by atoms with Crippen molar-refractivity contribution in [2.24, 2.45) is 0 Å². The third kappa shape index (κ3) is 3.00. The molecule has 0 unspecified atom stereocenters. The van der Waals surface area contributed by atoms with E-state index in [-0.39, 0.29) is 28.1 Å². The molecule has 0 heterocycles. The number of methoxy groups -OCH3 is 1. The SMILES string of the molecule is COCOc1c(Cl)ccc(Cl)c1B(O)O. The average molecular weight is 251 g/mol. The maximum Gasteiger partial charge on any atom is 0.493 e. The lowest BCUT2D eigenvalue weighted by Gasteiger charge is -2.13. The molecule has 1 rings (SSSR count). The maximum absolute atomic E-state index is 9.10. The molecule has 0 spiro atoms. The Morgan fingerprint density at radius 3 is 2.40 bits per heavy atom. The molecule has 0 saturated heterocycles. The minimum absolute atomic E-state index is 0.0289. The van der Waals surface area contributed by atoms with Gasteiger partial charge in [-0.25, -0.2) is 0 Å². The Morgan fingerprint density at radius 2 is 1.87 bits per heavy atom. The maximum atomic E-state index is 9.10. The van der Waals surface area contributed by atoms with Gasteiger partial charge in [-0.1, -0.05) is 23.2 Å². The Bertz CT molecular complexity index is 346. The molecule has 0 aliphatic carbocycles. The van der Waals surface area contributed by atoms with Crippen molar-refractivity contribution in [2.45, 2.75) is 0 Å². The first-order valence-corrected chi connectivity index (χ1v) is 4.79. The fraction of sp³-hybridized carbons (Fsp3) is 0.250. The van der Waals surface area contributed by atoms with Crippen molar-refractivity contribution < 1.29 is 19.5 Å². The van der Waals surface area contributed by atoms with Gasteiger partial charge in [0.15, 0.2) is 6.79 Å². The summed E-state index contributed by atoms with van der Waals surface area (Å²) in [7, 11) is -0.309. The fourth-order valence-corrected chi connectivity index (χ4v) is 1.52. The van der Waals surface area contributed by atoms with Crippen LogP contribution in [0.25, 0.3) is 0 Å². The van der Waals surface area contributed by atoms with Crippen molar-refractivity contribution in [1.29, 1.82) is 0 Å². The first-order chi connectivity index (χ1) is 7.07. The van der Waals surface area contributed by atoms with Crippen molar-refractivity contribution in [3.05, 3.63) is 22.2 Å². The van der Waals surface area contributed by atoms with Gasteiger partial charge in [0, 0.05) is 17.6 Å². The van der Waals surface area contributed by atoms with Crippen molar-refractivity contribution in [3.8, 4) is 5.75 Å². The minimum Gasteiger partial charge on any atom is -0.466 e. The van der Waals surface area contributed by atoms with Gasteiger partial charge >= 0.3 is 7.12 Å². The molecule has 0 fully saturated rings.